The zero-order valence-corrected chi connectivity index (χ0v) is 16.4. The van der Waals surface area contributed by atoms with Crippen LogP contribution in [0.1, 0.15) is 17.4 Å². The summed E-state index contributed by atoms with van der Waals surface area (Å²) in [5.41, 5.74) is 0.730. The molecule has 0 radical (unpaired) electrons. The van der Waals surface area contributed by atoms with Crippen molar-refractivity contribution in [1.29, 1.82) is 0 Å². The first-order valence-electron chi connectivity index (χ1n) is 8.48. The van der Waals surface area contributed by atoms with Crippen molar-refractivity contribution < 1.29 is 26.8 Å². The number of hydrogen-bond acceptors (Lipinski definition) is 5. The van der Waals surface area contributed by atoms with Gasteiger partial charge in [0.2, 0.25) is 15.8 Å². The summed E-state index contributed by atoms with van der Waals surface area (Å²) in [6.45, 7) is 1.28. The smallest absolute Gasteiger partial charge is 0.238 e. The molecule has 2 aromatic carbocycles. The summed E-state index contributed by atoms with van der Waals surface area (Å²) in [4.78, 5) is 23.6. The lowest BCUT2D eigenvalue weighted by atomic mass is 10.1. The average molecular weight is 431 g/mol. The lowest BCUT2D eigenvalue weighted by Gasteiger charge is -2.06. The maximum Gasteiger partial charge on any atom is 0.238 e. The number of sulfonamides is 1. The number of benzene rings is 2. The molecule has 2 N–H and O–H groups in total. The molecule has 0 saturated carbocycles. The van der Waals surface area contributed by atoms with E-state index >= 15 is 0 Å². The van der Waals surface area contributed by atoms with Crippen molar-refractivity contribution in [3.63, 3.8) is 0 Å². The van der Waals surface area contributed by atoms with Gasteiger partial charge in [0.05, 0.1) is 16.3 Å². The molecule has 154 valence electrons. The van der Waals surface area contributed by atoms with Crippen LogP contribution >= 0.6 is 0 Å². The van der Waals surface area contributed by atoms with E-state index in [1.807, 2.05) is 0 Å². The standard InChI is InChI=1S/C20H15F2N3O4S/c1-12(26)2-9-20(27)19-11-18(13-3-8-16(21)17(22)10-13)24-25(19)14-4-6-15(7-5-14)30(23,28)29/h2-11H,1H3,(H2,23,28,29)/b9-2-. The quantitative estimate of drug-likeness (QED) is 0.476. The summed E-state index contributed by atoms with van der Waals surface area (Å²) in [6.07, 6.45) is 2.14. The molecule has 3 aromatic rings. The highest BCUT2D eigenvalue weighted by molar-refractivity contribution is 7.89. The Morgan fingerprint density at radius 2 is 1.67 bits per heavy atom. The number of halogens is 2. The van der Waals surface area contributed by atoms with Crippen molar-refractivity contribution in [1.82, 2.24) is 9.78 Å². The van der Waals surface area contributed by atoms with E-state index in [1.54, 1.807) is 0 Å². The van der Waals surface area contributed by atoms with Crippen molar-refractivity contribution in [2.45, 2.75) is 11.8 Å². The normalized spacial score (nSPS) is 11.7. The second-order valence-corrected chi connectivity index (χ2v) is 7.86. The van der Waals surface area contributed by atoms with Gasteiger partial charge >= 0.3 is 0 Å². The summed E-state index contributed by atoms with van der Waals surface area (Å²) >= 11 is 0. The third-order valence-corrected chi connectivity index (χ3v) is 4.99. The molecule has 0 aliphatic heterocycles. The minimum atomic E-state index is -3.92. The van der Waals surface area contributed by atoms with Crippen LogP contribution in [-0.4, -0.2) is 29.8 Å². The van der Waals surface area contributed by atoms with E-state index < -0.39 is 27.4 Å². The molecule has 0 atom stereocenters. The molecule has 0 aliphatic carbocycles. The van der Waals surface area contributed by atoms with Crippen LogP contribution in [0.15, 0.2) is 65.6 Å². The average Bonchev–Trinajstić information content (AvgIpc) is 3.13. The summed E-state index contributed by atoms with van der Waals surface area (Å²) in [6, 6.07) is 9.77. The molecular formula is C20H15F2N3O4S. The van der Waals surface area contributed by atoms with E-state index in [4.69, 9.17) is 5.14 Å². The fourth-order valence-electron chi connectivity index (χ4n) is 2.61. The van der Waals surface area contributed by atoms with Crippen LogP contribution in [0.25, 0.3) is 16.9 Å². The largest absolute Gasteiger partial charge is 0.295 e. The van der Waals surface area contributed by atoms with Gasteiger partial charge in [-0.1, -0.05) is 0 Å². The Balaban J connectivity index is 2.14. The number of carbonyl (C=O) groups excluding carboxylic acids is 2. The molecule has 30 heavy (non-hydrogen) atoms. The number of carbonyl (C=O) groups is 2. The molecule has 0 fully saturated rings. The van der Waals surface area contributed by atoms with Crippen molar-refractivity contribution in [2.24, 2.45) is 5.14 Å². The number of primary sulfonamides is 1. The van der Waals surface area contributed by atoms with E-state index in [-0.39, 0.29) is 27.6 Å². The molecule has 0 amide bonds. The van der Waals surface area contributed by atoms with Gasteiger partial charge in [0.25, 0.3) is 0 Å². The Labute approximate surface area is 170 Å². The molecule has 0 saturated heterocycles. The topological polar surface area (TPSA) is 112 Å². The molecule has 10 heteroatoms. The summed E-state index contributed by atoms with van der Waals surface area (Å²) in [5.74, 6) is -3.02. The molecule has 3 rings (SSSR count). The Morgan fingerprint density at radius 1 is 1.00 bits per heavy atom. The Hall–Kier alpha value is -3.50. The highest BCUT2D eigenvalue weighted by Gasteiger charge is 2.18. The number of allylic oxidation sites excluding steroid dienone is 2. The fourth-order valence-corrected chi connectivity index (χ4v) is 3.12. The Bertz CT molecular complexity index is 1280. The van der Waals surface area contributed by atoms with Crippen LogP contribution in [0.3, 0.4) is 0 Å². The van der Waals surface area contributed by atoms with E-state index in [9.17, 15) is 26.8 Å². The maximum absolute atomic E-state index is 13.6. The molecule has 7 nitrogen and oxygen atoms in total. The number of ketones is 2. The second kappa shape index (κ2) is 8.09. The summed E-state index contributed by atoms with van der Waals surface area (Å²) in [7, 11) is -3.92. The van der Waals surface area contributed by atoms with E-state index in [0.717, 1.165) is 24.3 Å². The van der Waals surface area contributed by atoms with Gasteiger partial charge in [0, 0.05) is 5.56 Å². The van der Waals surface area contributed by atoms with Crippen molar-refractivity contribution in [3.05, 3.63) is 78.0 Å². The van der Waals surface area contributed by atoms with Gasteiger partial charge in [0.1, 0.15) is 5.69 Å². The number of nitrogens with two attached hydrogens (primary N) is 1. The third-order valence-electron chi connectivity index (χ3n) is 4.06. The van der Waals surface area contributed by atoms with Crippen LogP contribution in [0, 0.1) is 11.6 Å². The van der Waals surface area contributed by atoms with Crippen molar-refractivity contribution >= 4 is 21.6 Å². The van der Waals surface area contributed by atoms with Gasteiger partial charge in [-0.2, -0.15) is 5.10 Å². The van der Waals surface area contributed by atoms with Crippen molar-refractivity contribution in [3.8, 4) is 16.9 Å². The van der Waals surface area contributed by atoms with Crippen molar-refractivity contribution in [2.75, 3.05) is 0 Å². The lowest BCUT2D eigenvalue weighted by molar-refractivity contribution is -0.112. The van der Waals surface area contributed by atoms with Gasteiger partial charge < -0.3 is 0 Å². The van der Waals surface area contributed by atoms with Crippen LogP contribution in [0.4, 0.5) is 8.78 Å². The van der Waals surface area contributed by atoms with Gasteiger partial charge in [-0.25, -0.2) is 27.0 Å². The monoisotopic (exact) mass is 431 g/mol. The van der Waals surface area contributed by atoms with Gasteiger partial charge in [-0.15, -0.1) is 0 Å². The first kappa shape index (κ1) is 21.2. The predicted molar refractivity (Wildman–Crippen MR) is 104 cm³/mol. The predicted octanol–water partition coefficient (Wildman–Crippen LogP) is 2.79. The van der Waals surface area contributed by atoms with E-state index in [2.05, 4.69) is 5.10 Å². The molecule has 1 heterocycles. The van der Waals surface area contributed by atoms with E-state index in [1.165, 1.54) is 48.0 Å². The zero-order valence-electron chi connectivity index (χ0n) is 15.5. The van der Waals surface area contributed by atoms with E-state index in [0.29, 0.717) is 5.69 Å². The zero-order chi connectivity index (χ0) is 22.1. The molecule has 0 bridgehead atoms. The molecule has 0 aliphatic rings. The number of aromatic nitrogens is 2. The summed E-state index contributed by atoms with van der Waals surface area (Å²) < 4.78 is 51.0. The lowest BCUT2D eigenvalue weighted by Crippen LogP contribution is -2.12. The Kier molecular flexibility index (Phi) is 5.72. The highest BCUT2D eigenvalue weighted by Crippen LogP contribution is 2.24. The summed E-state index contributed by atoms with van der Waals surface area (Å²) in [5, 5.41) is 9.36. The number of nitrogens with zero attached hydrogens (tertiary/aromatic N) is 2. The molecule has 0 spiro atoms. The maximum atomic E-state index is 13.6. The first-order chi connectivity index (χ1) is 14.1. The molecule has 1 aromatic heterocycles. The van der Waals surface area contributed by atoms with Crippen LogP contribution in [0.2, 0.25) is 0 Å². The fraction of sp³-hybridized carbons (Fsp3) is 0.0500. The van der Waals surface area contributed by atoms with Crippen LogP contribution in [-0.2, 0) is 14.8 Å². The van der Waals surface area contributed by atoms with Crippen LogP contribution in [0.5, 0.6) is 0 Å². The molecule has 0 unspecified atom stereocenters. The SMILES string of the molecule is CC(=O)/C=C\C(=O)c1cc(-c2ccc(F)c(F)c2)nn1-c1ccc(S(N)(=O)=O)cc1. The molecular weight excluding hydrogens is 416 g/mol. The second-order valence-electron chi connectivity index (χ2n) is 6.30. The minimum Gasteiger partial charge on any atom is -0.295 e. The number of hydrogen-bond donors (Lipinski definition) is 1. The van der Waals surface area contributed by atoms with Gasteiger partial charge in [0.15, 0.2) is 17.4 Å². The van der Waals surface area contributed by atoms with Gasteiger partial charge in [-0.3, -0.25) is 9.59 Å². The highest BCUT2D eigenvalue weighted by atomic mass is 32.2. The first-order valence-corrected chi connectivity index (χ1v) is 10.0. The third kappa shape index (κ3) is 4.56. The van der Waals surface area contributed by atoms with Gasteiger partial charge in [-0.05, 0) is 67.6 Å². The minimum absolute atomic E-state index is 0.0237. The number of rotatable bonds is 6. The Morgan fingerprint density at radius 3 is 2.23 bits per heavy atom. The van der Waals surface area contributed by atoms with Crippen LogP contribution < -0.4 is 5.14 Å².